The fourth-order valence-electron chi connectivity index (χ4n) is 2.50. The standard InChI is InChI=1S/C14H17FN2O4/c1-2-13-9(5-6-21-13)8-16-14(18)11-7-10(17(19)20)3-4-12(11)15/h3-4,7,9,13H,2,5-6,8H2,1H3,(H,16,18). The van der Waals surface area contributed by atoms with Gasteiger partial charge in [0.1, 0.15) is 5.82 Å². The first-order valence-corrected chi connectivity index (χ1v) is 6.86. The van der Waals surface area contributed by atoms with E-state index in [2.05, 4.69) is 5.32 Å². The van der Waals surface area contributed by atoms with Gasteiger partial charge < -0.3 is 10.1 Å². The zero-order valence-electron chi connectivity index (χ0n) is 11.7. The third-order valence-electron chi connectivity index (χ3n) is 3.68. The molecule has 1 N–H and O–H groups in total. The summed E-state index contributed by atoms with van der Waals surface area (Å²) in [4.78, 5) is 22.0. The Morgan fingerprint density at radius 1 is 1.57 bits per heavy atom. The van der Waals surface area contributed by atoms with Crippen LogP contribution in [0.4, 0.5) is 10.1 Å². The summed E-state index contributed by atoms with van der Waals surface area (Å²) in [5, 5.41) is 13.3. The second-order valence-electron chi connectivity index (χ2n) is 5.00. The molecule has 2 atom stereocenters. The van der Waals surface area contributed by atoms with Crippen molar-refractivity contribution in [3.05, 3.63) is 39.7 Å². The summed E-state index contributed by atoms with van der Waals surface area (Å²) in [7, 11) is 0. The second kappa shape index (κ2) is 6.62. The average Bonchev–Trinajstić information content (AvgIpc) is 2.92. The van der Waals surface area contributed by atoms with E-state index >= 15 is 0 Å². The lowest BCUT2D eigenvalue weighted by Gasteiger charge is -2.17. The minimum atomic E-state index is -0.771. The van der Waals surface area contributed by atoms with Gasteiger partial charge in [0, 0.05) is 31.2 Å². The normalized spacial score (nSPS) is 21.2. The highest BCUT2D eigenvalue weighted by Gasteiger charge is 2.27. The maximum Gasteiger partial charge on any atom is 0.270 e. The number of non-ortho nitro benzene ring substituents is 1. The average molecular weight is 296 g/mol. The number of amides is 1. The van der Waals surface area contributed by atoms with Crippen LogP contribution in [0.15, 0.2) is 18.2 Å². The molecule has 1 aliphatic heterocycles. The number of rotatable bonds is 5. The minimum Gasteiger partial charge on any atom is -0.378 e. The predicted molar refractivity (Wildman–Crippen MR) is 73.5 cm³/mol. The summed E-state index contributed by atoms with van der Waals surface area (Å²) >= 11 is 0. The molecule has 1 fully saturated rings. The van der Waals surface area contributed by atoms with Crippen molar-refractivity contribution in [1.82, 2.24) is 5.32 Å². The maximum atomic E-state index is 13.6. The third-order valence-corrected chi connectivity index (χ3v) is 3.68. The number of nitrogens with one attached hydrogen (secondary N) is 1. The quantitative estimate of drug-likeness (QED) is 0.667. The van der Waals surface area contributed by atoms with Crippen LogP contribution in [0.5, 0.6) is 0 Å². The highest BCUT2D eigenvalue weighted by Crippen LogP contribution is 2.23. The van der Waals surface area contributed by atoms with Gasteiger partial charge in [-0.1, -0.05) is 6.92 Å². The number of nitro groups is 1. The van der Waals surface area contributed by atoms with E-state index in [-0.39, 0.29) is 23.3 Å². The van der Waals surface area contributed by atoms with Crippen LogP contribution < -0.4 is 5.32 Å². The smallest absolute Gasteiger partial charge is 0.270 e. The Bertz CT molecular complexity index is 550. The molecule has 1 saturated heterocycles. The van der Waals surface area contributed by atoms with Crippen molar-refractivity contribution in [1.29, 1.82) is 0 Å². The predicted octanol–water partition coefficient (Wildman–Crippen LogP) is 2.28. The Hall–Kier alpha value is -2.02. The first-order chi connectivity index (χ1) is 10.0. The van der Waals surface area contributed by atoms with Crippen molar-refractivity contribution in [3.8, 4) is 0 Å². The molecule has 114 valence electrons. The van der Waals surface area contributed by atoms with Crippen LogP contribution in [0, 0.1) is 21.8 Å². The molecule has 0 aromatic heterocycles. The van der Waals surface area contributed by atoms with Crippen LogP contribution in [-0.2, 0) is 4.74 Å². The fraction of sp³-hybridized carbons (Fsp3) is 0.500. The van der Waals surface area contributed by atoms with Gasteiger partial charge in [-0.15, -0.1) is 0 Å². The topological polar surface area (TPSA) is 81.5 Å². The fourth-order valence-corrected chi connectivity index (χ4v) is 2.50. The minimum absolute atomic E-state index is 0.0975. The van der Waals surface area contributed by atoms with Crippen LogP contribution in [-0.4, -0.2) is 30.1 Å². The van der Waals surface area contributed by atoms with E-state index in [9.17, 15) is 19.3 Å². The van der Waals surface area contributed by atoms with Crippen LogP contribution in [0.3, 0.4) is 0 Å². The molecule has 1 aromatic rings. The maximum absolute atomic E-state index is 13.6. The van der Waals surface area contributed by atoms with Gasteiger partial charge >= 0.3 is 0 Å². The lowest BCUT2D eigenvalue weighted by molar-refractivity contribution is -0.384. The Balaban J connectivity index is 2.03. The van der Waals surface area contributed by atoms with Crippen molar-refractivity contribution < 1.29 is 18.8 Å². The van der Waals surface area contributed by atoms with Gasteiger partial charge in [-0.3, -0.25) is 14.9 Å². The monoisotopic (exact) mass is 296 g/mol. The van der Waals surface area contributed by atoms with Crippen LogP contribution in [0.25, 0.3) is 0 Å². The lowest BCUT2D eigenvalue weighted by atomic mass is 9.99. The molecule has 6 nitrogen and oxygen atoms in total. The van der Waals surface area contributed by atoms with E-state index in [0.717, 1.165) is 31.0 Å². The van der Waals surface area contributed by atoms with Gasteiger partial charge in [0.15, 0.2) is 0 Å². The van der Waals surface area contributed by atoms with E-state index in [4.69, 9.17) is 4.74 Å². The molecule has 0 bridgehead atoms. The summed E-state index contributed by atoms with van der Waals surface area (Å²) in [6, 6.07) is 2.91. The molecule has 1 heterocycles. The molecule has 0 radical (unpaired) electrons. The summed E-state index contributed by atoms with van der Waals surface area (Å²) in [6.45, 7) is 3.04. The van der Waals surface area contributed by atoms with Gasteiger partial charge in [-0.2, -0.15) is 0 Å². The molecule has 1 amide bonds. The molecule has 7 heteroatoms. The molecule has 2 unspecified atom stereocenters. The number of nitrogens with zero attached hydrogens (tertiary/aromatic N) is 1. The van der Waals surface area contributed by atoms with E-state index < -0.39 is 16.6 Å². The number of hydrogen-bond donors (Lipinski definition) is 1. The first-order valence-electron chi connectivity index (χ1n) is 6.86. The SMILES string of the molecule is CCC1OCCC1CNC(=O)c1cc([N+](=O)[O-])ccc1F. The van der Waals surface area contributed by atoms with Crippen LogP contribution in [0.2, 0.25) is 0 Å². The number of ether oxygens (including phenoxy) is 1. The first kappa shape index (κ1) is 15.4. The summed E-state index contributed by atoms with van der Waals surface area (Å²) in [5.74, 6) is -1.22. The molecule has 1 aliphatic rings. The van der Waals surface area contributed by atoms with Crippen LogP contribution >= 0.6 is 0 Å². The molecule has 0 spiro atoms. The zero-order chi connectivity index (χ0) is 15.4. The summed E-state index contributed by atoms with van der Waals surface area (Å²) in [5.41, 5.74) is -0.617. The molecule has 21 heavy (non-hydrogen) atoms. The lowest BCUT2D eigenvalue weighted by Crippen LogP contribution is -2.33. The highest BCUT2D eigenvalue weighted by atomic mass is 19.1. The number of hydrogen-bond acceptors (Lipinski definition) is 4. The van der Waals surface area contributed by atoms with E-state index in [1.165, 1.54) is 0 Å². The highest BCUT2D eigenvalue weighted by molar-refractivity contribution is 5.95. The van der Waals surface area contributed by atoms with Gasteiger partial charge in [0.2, 0.25) is 0 Å². The van der Waals surface area contributed by atoms with Crippen molar-refractivity contribution in [2.75, 3.05) is 13.2 Å². The number of carbonyl (C=O) groups excluding carboxylic acids is 1. The van der Waals surface area contributed by atoms with Crippen molar-refractivity contribution >= 4 is 11.6 Å². The van der Waals surface area contributed by atoms with Gasteiger partial charge in [-0.25, -0.2) is 4.39 Å². The molecular formula is C14H17FN2O4. The van der Waals surface area contributed by atoms with Crippen LogP contribution in [0.1, 0.15) is 30.1 Å². The Morgan fingerprint density at radius 3 is 3.00 bits per heavy atom. The van der Waals surface area contributed by atoms with Gasteiger partial charge in [0.25, 0.3) is 11.6 Å². The van der Waals surface area contributed by atoms with Crippen molar-refractivity contribution in [2.24, 2.45) is 5.92 Å². The third kappa shape index (κ3) is 3.55. The molecule has 0 saturated carbocycles. The molecule has 0 aliphatic carbocycles. The summed E-state index contributed by atoms with van der Waals surface area (Å²) in [6.07, 6.45) is 1.79. The Kier molecular flexibility index (Phi) is 4.85. The molecular weight excluding hydrogens is 279 g/mol. The van der Waals surface area contributed by atoms with Gasteiger partial charge in [-0.05, 0) is 18.9 Å². The molecule has 1 aromatic carbocycles. The van der Waals surface area contributed by atoms with E-state index in [0.29, 0.717) is 13.2 Å². The Labute approximate surface area is 121 Å². The largest absolute Gasteiger partial charge is 0.378 e. The number of halogens is 1. The number of carbonyl (C=O) groups is 1. The number of benzene rings is 1. The summed E-state index contributed by atoms with van der Waals surface area (Å²) < 4.78 is 19.1. The van der Waals surface area contributed by atoms with Crippen molar-refractivity contribution in [2.45, 2.75) is 25.9 Å². The van der Waals surface area contributed by atoms with Gasteiger partial charge in [0.05, 0.1) is 16.6 Å². The van der Waals surface area contributed by atoms with Crippen molar-refractivity contribution in [3.63, 3.8) is 0 Å². The number of nitro benzene ring substituents is 1. The second-order valence-corrected chi connectivity index (χ2v) is 5.00. The Morgan fingerprint density at radius 2 is 2.33 bits per heavy atom. The molecule has 2 rings (SSSR count). The zero-order valence-corrected chi connectivity index (χ0v) is 11.7. The van der Waals surface area contributed by atoms with E-state index in [1.807, 2.05) is 6.92 Å². The van der Waals surface area contributed by atoms with E-state index in [1.54, 1.807) is 0 Å².